The van der Waals surface area contributed by atoms with Crippen molar-refractivity contribution in [3.05, 3.63) is 0 Å². The number of aliphatic carboxylic acids is 1. The first kappa shape index (κ1) is 17.9. The Morgan fingerprint density at radius 2 is 1.63 bits per heavy atom. The normalized spacial score (nSPS) is 11.7. The van der Waals surface area contributed by atoms with E-state index in [9.17, 15) is 9.59 Å². The Morgan fingerprint density at radius 1 is 1.11 bits per heavy atom. The molecular formula is C14H28N2O3. The number of amides is 1. The Bertz CT molecular complexity index is 294. The van der Waals surface area contributed by atoms with Crippen LogP contribution in [0.25, 0.3) is 0 Å². The van der Waals surface area contributed by atoms with Crippen LogP contribution in [0.5, 0.6) is 0 Å². The van der Waals surface area contributed by atoms with E-state index in [2.05, 4.69) is 0 Å². The van der Waals surface area contributed by atoms with E-state index in [1.54, 1.807) is 4.90 Å². The van der Waals surface area contributed by atoms with Gasteiger partial charge in [-0.3, -0.25) is 14.5 Å². The van der Waals surface area contributed by atoms with Gasteiger partial charge < -0.3 is 10.0 Å². The van der Waals surface area contributed by atoms with Gasteiger partial charge in [0.15, 0.2) is 0 Å². The summed E-state index contributed by atoms with van der Waals surface area (Å²) < 4.78 is 0. The first-order valence-corrected chi connectivity index (χ1v) is 6.97. The maximum atomic E-state index is 11.8. The minimum absolute atomic E-state index is 0.0168. The Hall–Kier alpha value is -1.10. The van der Waals surface area contributed by atoms with E-state index in [-0.39, 0.29) is 18.0 Å². The molecule has 0 bridgehead atoms. The molecule has 0 aliphatic heterocycles. The molecule has 0 spiro atoms. The fourth-order valence-electron chi connectivity index (χ4n) is 1.97. The lowest BCUT2D eigenvalue weighted by molar-refractivity contribution is -0.139. The number of nitrogens with zero attached hydrogens (tertiary/aromatic N) is 2. The van der Waals surface area contributed by atoms with Crippen molar-refractivity contribution in [2.45, 2.75) is 53.0 Å². The van der Waals surface area contributed by atoms with Crippen molar-refractivity contribution < 1.29 is 14.7 Å². The second-order valence-electron chi connectivity index (χ2n) is 5.66. The van der Waals surface area contributed by atoms with Crippen molar-refractivity contribution in [2.24, 2.45) is 0 Å². The predicted molar refractivity (Wildman–Crippen MR) is 76.1 cm³/mol. The molecule has 0 aliphatic rings. The number of hydrogen-bond acceptors (Lipinski definition) is 3. The van der Waals surface area contributed by atoms with Crippen LogP contribution in [-0.2, 0) is 9.59 Å². The van der Waals surface area contributed by atoms with Crippen LogP contribution >= 0.6 is 0 Å². The predicted octanol–water partition coefficient (Wildman–Crippen LogP) is 1.82. The molecule has 0 fully saturated rings. The second kappa shape index (κ2) is 8.15. The van der Waals surface area contributed by atoms with Gasteiger partial charge in [0, 0.05) is 25.0 Å². The summed E-state index contributed by atoms with van der Waals surface area (Å²) in [4.78, 5) is 26.4. The molecule has 19 heavy (non-hydrogen) atoms. The molecule has 0 heterocycles. The van der Waals surface area contributed by atoms with Gasteiger partial charge in [0.05, 0.1) is 6.54 Å². The van der Waals surface area contributed by atoms with Crippen LogP contribution in [0, 0.1) is 0 Å². The molecule has 0 aromatic heterocycles. The quantitative estimate of drug-likeness (QED) is 0.732. The molecule has 112 valence electrons. The first-order valence-electron chi connectivity index (χ1n) is 6.97. The third-order valence-electron chi connectivity index (χ3n) is 3.21. The van der Waals surface area contributed by atoms with Crippen molar-refractivity contribution >= 4 is 11.9 Å². The summed E-state index contributed by atoms with van der Waals surface area (Å²) in [6.07, 6.45) is 1.17. The van der Waals surface area contributed by atoms with Crippen molar-refractivity contribution in [2.75, 3.05) is 26.2 Å². The number of carbonyl (C=O) groups is 2. The molecule has 0 aliphatic carbocycles. The average Bonchev–Trinajstić information content (AvgIpc) is 2.27. The van der Waals surface area contributed by atoms with Crippen molar-refractivity contribution in [3.8, 4) is 0 Å². The van der Waals surface area contributed by atoms with Crippen molar-refractivity contribution in [1.82, 2.24) is 9.80 Å². The largest absolute Gasteiger partial charge is 0.480 e. The number of carboxylic acids is 1. The van der Waals surface area contributed by atoms with Crippen molar-refractivity contribution in [1.29, 1.82) is 0 Å². The minimum Gasteiger partial charge on any atom is -0.480 e. The molecule has 5 heteroatoms. The van der Waals surface area contributed by atoms with Gasteiger partial charge >= 0.3 is 5.97 Å². The van der Waals surface area contributed by atoms with Crippen LogP contribution in [0.15, 0.2) is 0 Å². The third kappa shape index (κ3) is 7.15. The number of rotatable bonds is 8. The fraction of sp³-hybridized carbons (Fsp3) is 0.857. The van der Waals surface area contributed by atoms with Gasteiger partial charge in [0.25, 0.3) is 0 Å². The monoisotopic (exact) mass is 272 g/mol. The molecule has 1 N–H and O–H groups in total. The highest BCUT2D eigenvalue weighted by atomic mass is 16.4. The topological polar surface area (TPSA) is 60.9 Å². The van der Waals surface area contributed by atoms with Gasteiger partial charge in [-0.15, -0.1) is 0 Å². The Labute approximate surface area is 116 Å². The highest BCUT2D eigenvalue weighted by Gasteiger charge is 2.23. The summed E-state index contributed by atoms with van der Waals surface area (Å²) in [6.45, 7) is 12.0. The lowest BCUT2D eigenvalue weighted by Crippen LogP contribution is -2.45. The van der Waals surface area contributed by atoms with Crippen LogP contribution < -0.4 is 0 Å². The maximum absolute atomic E-state index is 11.8. The average molecular weight is 272 g/mol. The van der Waals surface area contributed by atoms with Crippen LogP contribution in [0.3, 0.4) is 0 Å². The summed E-state index contributed by atoms with van der Waals surface area (Å²) in [5, 5.41) is 8.90. The van der Waals surface area contributed by atoms with E-state index in [1.165, 1.54) is 0 Å². The zero-order chi connectivity index (χ0) is 15.1. The van der Waals surface area contributed by atoms with E-state index in [1.807, 2.05) is 39.5 Å². The summed E-state index contributed by atoms with van der Waals surface area (Å²) >= 11 is 0. The number of hydrogen-bond donors (Lipinski definition) is 1. The molecule has 0 unspecified atom stereocenters. The van der Waals surface area contributed by atoms with E-state index in [0.717, 1.165) is 13.1 Å². The molecule has 1 amide bonds. The van der Waals surface area contributed by atoms with E-state index in [4.69, 9.17) is 5.11 Å². The van der Waals surface area contributed by atoms with Crippen LogP contribution in [0.2, 0.25) is 0 Å². The summed E-state index contributed by atoms with van der Waals surface area (Å²) in [7, 11) is 0. The van der Waals surface area contributed by atoms with Crippen LogP contribution in [0.4, 0.5) is 0 Å². The lowest BCUT2D eigenvalue weighted by atomic mass is 10.1. The van der Waals surface area contributed by atoms with E-state index in [0.29, 0.717) is 19.4 Å². The second-order valence-corrected chi connectivity index (χ2v) is 5.66. The van der Waals surface area contributed by atoms with Gasteiger partial charge in [-0.2, -0.15) is 0 Å². The van der Waals surface area contributed by atoms with Gasteiger partial charge in [0.1, 0.15) is 0 Å². The van der Waals surface area contributed by atoms with Gasteiger partial charge in [-0.25, -0.2) is 0 Å². The highest BCUT2D eigenvalue weighted by molar-refractivity contribution is 5.76. The fourth-order valence-corrected chi connectivity index (χ4v) is 1.97. The molecular weight excluding hydrogens is 244 g/mol. The SMILES string of the molecule is CCN(CC)C(=O)CCCN(CC(=O)O)C(C)(C)C. The zero-order valence-corrected chi connectivity index (χ0v) is 12.9. The number of carbonyl (C=O) groups excluding carboxylic acids is 1. The minimum atomic E-state index is -0.829. The Balaban J connectivity index is 4.27. The molecule has 0 atom stereocenters. The van der Waals surface area contributed by atoms with Crippen LogP contribution in [-0.4, -0.2) is 58.5 Å². The van der Waals surface area contributed by atoms with Crippen LogP contribution in [0.1, 0.15) is 47.5 Å². The summed E-state index contributed by atoms with van der Waals surface area (Å²) in [6, 6.07) is 0. The smallest absolute Gasteiger partial charge is 0.317 e. The molecule has 0 saturated carbocycles. The maximum Gasteiger partial charge on any atom is 0.317 e. The molecule has 0 rings (SSSR count). The Kier molecular flexibility index (Phi) is 7.68. The van der Waals surface area contributed by atoms with Crippen molar-refractivity contribution in [3.63, 3.8) is 0 Å². The zero-order valence-electron chi connectivity index (χ0n) is 12.9. The molecule has 5 nitrogen and oxygen atoms in total. The standard InChI is InChI=1S/C14H28N2O3/c1-6-15(7-2)12(17)9-8-10-16(11-13(18)19)14(3,4)5/h6-11H2,1-5H3,(H,18,19). The highest BCUT2D eigenvalue weighted by Crippen LogP contribution is 2.14. The molecule has 0 aromatic carbocycles. The third-order valence-corrected chi connectivity index (χ3v) is 3.21. The molecule has 0 saturated heterocycles. The summed E-state index contributed by atoms with van der Waals surface area (Å²) in [5.41, 5.74) is -0.198. The van der Waals surface area contributed by atoms with Gasteiger partial charge in [-0.05, 0) is 47.6 Å². The molecule has 0 radical (unpaired) electrons. The first-order chi connectivity index (χ1) is 8.72. The summed E-state index contributed by atoms with van der Waals surface area (Å²) in [5.74, 6) is -0.681. The lowest BCUT2D eigenvalue weighted by Gasteiger charge is -2.34. The number of carboxylic acid groups (broad SMARTS) is 1. The Morgan fingerprint density at radius 3 is 2.00 bits per heavy atom. The van der Waals surface area contributed by atoms with Gasteiger partial charge in [0.2, 0.25) is 5.91 Å². The van der Waals surface area contributed by atoms with E-state index >= 15 is 0 Å². The van der Waals surface area contributed by atoms with E-state index < -0.39 is 5.97 Å². The van der Waals surface area contributed by atoms with Gasteiger partial charge in [-0.1, -0.05) is 0 Å². The molecule has 0 aromatic rings.